The van der Waals surface area contributed by atoms with Gasteiger partial charge in [0.1, 0.15) is 0 Å². The van der Waals surface area contributed by atoms with Crippen molar-refractivity contribution in [2.45, 2.75) is 0 Å². The molecule has 0 saturated carbocycles. The maximum atomic E-state index is 12.7. The van der Waals surface area contributed by atoms with Gasteiger partial charge in [0.25, 0.3) is 5.91 Å². The van der Waals surface area contributed by atoms with E-state index < -0.39 is 0 Å². The molecule has 0 aliphatic heterocycles. The standard InChI is InChI=1S/C25H17Cl3N3O.C5H5.Fe/c26-21-14-20(15-22(27)23(21)28)30-25(31-24(32)18-8-2-1-3-9-18)29-19-12-10-17(11-13-19)16-6-4-5-7-16;1-2-4-5-3-1;/h1-15H,(H2,29,30,31,32);1-5H;/q2*-1;+2. The smallest absolute Gasteiger partial charge is 0.326 e. The van der Waals surface area contributed by atoms with E-state index in [1.165, 1.54) is 0 Å². The maximum Gasteiger partial charge on any atom is 2.00 e. The van der Waals surface area contributed by atoms with Crippen LogP contribution in [-0.4, -0.2) is 11.9 Å². The number of aliphatic imine (C=N–C) groups is 1. The van der Waals surface area contributed by atoms with Gasteiger partial charge in [-0.1, -0.05) is 70.7 Å². The van der Waals surface area contributed by atoms with Gasteiger partial charge in [-0.3, -0.25) is 10.1 Å². The van der Waals surface area contributed by atoms with E-state index in [0.29, 0.717) is 16.9 Å². The Morgan fingerprint density at radius 1 is 0.789 bits per heavy atom. The quantitative estimate of drug-likeness (QED) is 0.0709. The number of anilines is 1. The number of hydrogen-bond acceptors (Lipinski definition) is 2. The predicted molar refractivity (Wildman–Crippen MR) is 156 cm³/mol. The van der Waals surface area contributed by atoms with Gasteiger partial charge in [-0.2, -0.15) is 30.3 Å². The molecular weight excluding hydrogens is 581 g/mol. The molecule has 0 radical (unpaired) electrons. The van der Waals surface area contributed by atoms with Crippen LogP contribution in [0.15, 0.2) is 126 Å². The number of guanidine groups is 1. The molecule has 0 aliphatic rings. The minimum atomic E-state index is -0.309. The molecule has 0 heterocycles. The van der Waals surface area contributed by atoms with E-state index in [4.69, 9.17) is 34.8 Å². The number of carbonyl (C=O) groups excluding carboxylic acids is 1. The van der Waals surface area contributed by atoms with Crippen LogP contribution in [0.1, 0.15) is 10.4 Å². The van der Waals surface area contributed by atoms with Gasteiger partial charge in [0, 0.05) is 11.3 Å². The van der Waals surface area contributed by atoms with Gasteiger partial charge < -0.3 is 5.32 Å². The van der Waals surface area contributed by atoms with Gasteiger partial charge in [0.05, 0.1) is 20.8 Å². The molecule has 192 valence electrons. The van der Waals surface area contributed by atoms with E-state index in [-0.39, 0.29) is 44.0 Å². The third-order valence-electron chi connectivity index (χ3n) is 5.17. The Hall–Kier alpha value is -3.31. The number of hydrogen-bond donors (Lipinski definition) is 2. The first-order valence-corrected chi connectivity index (χ1v) is 12.5. The molecule has 8 heteroatoms. The molecule has 0 aromatic heterocycles. The van der Waals surface area contributed by atoms with Gasteiger partial charge in [-0.05, 0) is 24.3 Å². The molecule has 0 bridgehead atoms. The van der Waals surface area contributed by atoms with Crippen LogP contribution in [0, 0.1) is 0 Å². The monoisotopic (exact) mass is 601 g/mol. The first-order chi connectivity index (χ1) is 18.0. The van der Waals surface area contributed by atoms with Crippen LogP contribution in [0.5, 0.6) is 0 Å². The Labute approximate surface area is 247 Å². The fourth-order valence-electron chi connectivity index (χ4n) is 3.37. The summed E-state index contributed by atoms with van der Waals surface area (Å²) in [6, 6.07) is 37.8. The van der Waals surface area contributed by atoms with Crippen LogP contribution < -0.4 is 10.6 Å². The van der Waals surface area contributed by atoms with Crippen molar-refractivity contribution in [3.8, 4) is 11.1 Å². The number of benzene rings is 3. The molecule has 0 spiro atoms. The van der Waals surface area contributed by atoms with Crippen molar-refractivity contribution in [1.29, 1.82) is 0 Å². The molecule has 0 fully saturated rings. The second-order valence-electron chi connectivity index (χ2n) is 7.84. The molecule has 0 aliphatic carbocycles. The van der Waals surface area contributed by atoms with E-state index in [2.05, 4.69) is 15.6 Å². The average molecular weight is 603 g/mol. The molecule has 5 aromatic rings. The summed E-state index contributed by atoms with van der Waals surface area (Å²) in [6.45, 7) is 0. The summed E-state index contributed by atoms with van der Waals surface area (Å²) in [5, 5.41) is 6.71. The van der Waals surface area contributed by atoms with E-state index in [1.54, 1.807) is 36.4 Å². The summed E-state index contributed by atoms with van der Waals surface area (Å²) in [6.07, 6.45) is 0. The summed E-state index contributed by atoms with van der Waals surface area (Å²) in [4.78, 5) is 17.3. The molecule has 0 atom stereocenters. The first-order valence-electron chi connectivity index (χ1n) is 11.3. The average Bonchev–Trinajstić information content (AvgIpc) is 3.66. The summed E-state index contributed by atoms with van der Waals surface area (Å²) in [5.74, 6) is -0.0919. The fraction of sp³-hybridized carbons (Fsp3) is 0. The van der Waals surface area contributed by atoms with E-state index >= 15 is 0 Å². The molecule has 2 N–H and O–H groups in total. The van der Waals surface area contributed by atoms with Crippen molar-refractivity contribution in [2.75, 3.05) is 5.32 Å². The normalized spacial score (nSPS) is 10.6. The topological polar surface area (TPSA) is 53.5 Å². The predicted octanol–water partition coefficient (Wildman–Crippen LogP) is 8.97. The number of amides is 1. The molecule has 4 nitrogen and oxygen atoms in total. The van der Waals surface area contributed by atoms with E-state index in [9.17, 15) is 4.79 Å². The zero-order valence-corrected chi connectivity index (χ0v) is 23.3. The summed E-state index contributed by atoms with van der Waals surface area (Å²) < 4.78 is 0. The molecule has 1 amide bonds. The summed E-state index contributed by atoms with van der Waals surface area (Å²) in [7, 11) is 0. The van der Waals surface area contributed by atoms with Crippen LogP contribution in [0.2, 0.25) is 15.1 Å². The van der Waals surface area contributed by atoms with Gasteiger partial charge in [-0.15, -0.1) is 29.8 Å². The van der Waals surface area contributed by atoms with Gasteiger partial charge in [0.2, 0.25) is 5.96 Å². The van der Waals surface area contributed by atoms with Gasteiger partial charge >= 0.3 is 17.1 Å². The number of nitrogens with zero attached hydrogens (tertiary/aromatic N) is 1. The molecule has 38 heavy (non-hydrogen) atoms. The number of nitrogens with one attached hydrogen (secondary N) is 2. The van der Waals surface area contributed by atoms with E-state index in [0.717, 1.165) is 11.1 Å². The van der Waals surface area contributed by atoms with Crippen LogP contribution in [0.25, 0.3) is 11.1 Å². The summed E-state index contributed by atoms with van der Waals surface area (Å²) in [5.41, 5.74) is 3.89. The van der Waals surface area contributed by atoms with Crippen LogP contribution in [0.3, 0.4) is 0 Å². The number of rotatable bonds is 4. The van der Waals surface area contributed by atoms with Gasteiger partial charge in [0.15, 0.2) is 0 Å². The largest absolute Gasteiger partial charge is 2.00 e. The molecule has 0 saturated heterocycles. The van der Waals surface area contributed by atoms with E-state index in [1.807, 2.05) is 84.9 Å². The second kappa shape index (κ2) is 14.6. The van der Waals surface area contributed by atoms with Gasteiger partial charge in [-0.25, -0.2) is 17.1 Å². The molecule has 5 aromatic carbocycles. The Morgan fingerprint density at radius 2 is 1.39 bits per heavy atom. The van der Waals surface area contributed by atoms with Crippen LogP contribution in [0.4, 0.5) is 11.4 Å². The minimum Gasteiger partial charge on any atom is -0.326 e. The zero-order chi connectivity index (χ0) is 26.0. The molecular formula is C30H22Cl3FeN3O. The SMILES string of the molecule is O=C(NC(=Nc1ccc(-[c-]2cccc2)cc1)Nc1cc(Cl)c(Cl)c(Cl)c1)c1ccccc1.[Fe+2].c1cc[cH-]c1. The van der Waals surface area contributed by atoms with Crippen molar-refractivity contribution in [3.05, 3.63) is 142 Å². The van der Waals surface area contributed by atoms with Crippen molar-refractivity contribution in [2.24, 2.45) is 4.99 Å². The van der Waals surface area contributed by atoms with Crippen molar-refractivity contribution < 1.29 is 21.9 Å². The third-order valence-corrected chi connectivity index (χ3v) is 6.37. The van der Waals surface area contributed by atoms with Crippen molar-refractivity contribution >= 4 is 58.0 Å². The Kier molecular flexibility index (Phi) is 11.2. The zero-order valence-electron chi connectivity index (χ0n) is 19.9. The van der Waals surface area contributed by atoms with Crippen molar-refractivity contribution in [1.82, 2.24) is 5.32 Å². The second-order valence-corrected chi connectivity index (χ2v) is 9.03. The molecule has 0 unspecified atom stereocenters. The fourth-order valence-corrected chi connectivity index (χ4v) is 3.96. The minimum absolute atomic E-state index is 0. The third kappa shape index (κ3) is 8.35. The summed E-state index contributed by atoms with van der Waals surface area (Å²) >= 11 is 18.3. The number of carbonyl (C=O) groups is 1. The Bertz CT molecular complexity index is 1410. The Balaban J connectivity index is 0.000000598. The molecule has 5 rings (SSSR count). The Morgan fingerprint density at radius 3 is 1.95 bits per heavy atom. The van der Waals surface area contributed by atoms with Crippen LogP contribution >= 0.6 is 34.8 Å². The maximum absolute atomic E-state index is 12.7. The van der Waals surface area contributed by atoms with Crippen LogP contribution in [-0.2, 0) is 17.1 Å². The first kappa shape index (κ1) is 29.2. The number of halogens is 3. The van der Waals surface area contributed by atoms with Crippen molar-refractivity contribution in [3.63, 3.8) is 0 Å².